The maximum atomic E-state index is 12.3. The van der Waals surface area contributed by atoms with Gasteiger partial charge in [0.05, 0.1) is 12.5 Å². The molecule has 0 amide bonds. The van der Waals surface area contributed by atoms with Gasteiger partial charge < -0.3 is 4.74 Å². The summed E-state index contributed by atoms with van der Waals surface area (Å²) < 4.78 is 7.40. The normalized spacial score (nSPS) is 23.4. The monoisotopic (exact) mass is 251 g/mol. The van der Waals surface area contributed by atoms with E-state index in [0.717, 1.165) is 31.6 Å². The highest BCUT2D eigenvalue weighted by Gasteiger charge is 2.32. The molecule has 2 heterocycles. The Labute approximate surface area is 108 Å². The second-order valence-corrected chi connectivity index (χ2v) is 4.76. The highest BCUT2D eigenvalue weighted by Crippen LogP contribution is 2.25. The van der Waals surface area contributed by atoms with Gasteiger partial charge in [0.1, 0.15) is 17.9 Å². The summed E-state index contributed by atoms with van der Waals surface area (Å²) in [5.41, 5.74) is 0. The van der Waals surface area contributed by atoms with E-state index in [1.807, 2.05) is 4.68 Å². The molecule has 0 aliphatic carbocycles. The van der Waals surface area contributed by atoms with Gasteiger partial charge in [0.15, 0.2) is 0 Å². The van der Waals surface area contributed by atoms with Crippen molar-refractivity contribution in [3.8, 4) is 0 Å². The molecule has 2 atom stereocenters. The number of aromatic nitrogens is 3. The molecular formula is C13H21N3O2. The van der Waals surface area contributed by atoms with E-state index in [2.05, 4.69) is 23.9 Å². The van der Waals surface area contributed by atoms with Gasteiger partial charge in [0, 0.05) is 19.1 Å². The molecule has 0 bridgehead atoms. The molecule has 0 aromatic carbocycles. The fourth-order valence-electron chi connectivity index (χ4n) is 2.53. The van der Waals surface area contributed by atoms with Crippen LogP contribution in [0.4, 0.5) is 0 Å². The van der Waals surface area contributed by atoms with Gasteiger partial charge in [-0.15, -0.1) is 0 Å². The zero-order chi connectivity index (χ0) is 13.0. The van der Waals surface area contributed by atoms with E-state index in [9.17, 15) is 4.79 Å². The fourth-order valence-corrected chi connectivity index (χ4v) is 2.53. The number of hydrogen-bond donors (Lipinski definition) is 0. The highest BCUT2D eigenvalue weighted by atomic mass is 16.5. The van der Waals surface area contributed by atoms with Gasteiger partial charge in [-0.1, -0.05) is 13.8 Å². The van der Waals surface area contributed by atoms with Crippen LogP contribution in [0.25, 0.3) is 0 Å². The van der Waals surface area contributed by atoms with E-state index in [1.165, 1.54) is 6.33 Å². The highest BCUT2D eigenvalue weighted by molar-refractivity contribution is 5.83. The zero-order valence-corrected chi connectivity index (χ0v) is 11.1. The summed E-state index contributed by atoms with van der Waals surface area (Å²) in [6.07, 6.45) is 4.75. The second-order valence-electron chi connectivity index (χ2n) is 4.76. The summed E-state index contributed by atoms with van der Waals surface area (Å²) in [7, 11) is 0. The number of rotatable bonds is 6. The average molecular weight is 251 g/mol. The third-order valence-corrected chi connectivity index (χ3v) is 3.49. The summed E-state index contributed by atoms with van der Waals surface area (Å²) in [6.45, 7) is 5.68. The minimum Gasteiger partial charge on any atom is -0.377 e. The molecule has 0 radical (unpaired) electrons. The summed E-state index contributed by atoms with van der Waals surface area (Å²) in [4.78, 5) is 16.5. The quantitative estimate of drug-likeness (QED) is 0.771. The van der Waals surface area contributed by atoms with Crippen LogP contribution in [0.3, 0.4) is 0 Å². The van der Waals surface area contributed by atoms with Crippen molar-refractivity contribution in [2.45, 2.75) is 52.2 Å². The number of carbonyl (C=O) groups is 1. The standard InChI is InChI=1S/C13H21N3O2/c1-3-6-16-13(14-9-15-16)8-11(17)10-5-7-18-12(10)4-2/h9-10,12H,3-8H2,1-2H3. The molecular weight excluding hydrogens is 230 g/mol. The van der Waals surface area contributed by atoms with E-state index in [0.29, 0.717) is 13.0 Å². The number of Topliss-reactive ketones (excluding diaryl/α,β-unsaturated/α-hetero) is 1. The number of ketones is 1. The minimum atomic E-state index is 0.0433. The molecule has 1 saturated heterocycles. The van der Waals surface area contributed by atoms with Crippen molar-refractivity contribution in [1.29, 1.82) is 0 Å². The molecule has 0 spiro atoms. The predicted octanol–water partition coefficient (Wildman–Crippen LogP) is 1.61. The third-order valence-electron chi connectivity index (χ3n) is 3.49. The number of aryl methyl sites for hydroxylation is 1. The number of carbonyl (C=O) groups excluding carboxylic acids is 1. The van der Waals surface area contributed by atoms with Gasteiger partial charge in [-0.25, -0.2) is 9.67 Å². The molecule has 1 aliphatic heterocycles. The van der Waals surface area contributed by atoms with Crippen LogP contribution < -0.4 is 0 Å². The molecule has 5 heteroatoms. The third kappa shape index (κ3) is 2.77. The topological polar surface area (TPSA) is 57.0 Å². The van der Waals surface area contributed by atoms with E-state index in [1.54, 1.807) is 0 Å². The lowest BCUT2D eigenvalue weighted by Crippen LogP contribution is -2.26. The Kier molecular flexibility index (Phi) is 4.47. The number of hydrogen-bond acceptors (Lipinski definition) is 4. The van der Waals surface area contributed by atoms with Gasteiger partial charge in [-0.3, -0.25) is 4.79 Å². The van der Waals surface area contributed by atoms with Crippen LogP contribution >= 0.6 is 0 Å². The molecule has 1 fully saturated rings. The summed E-state index contributed by atoms with van der Waals surface area (Å²) in [5.74, 6) is 1.06. The Morgan fingerprint density at radius 3 is 3.11 bits per heavy atom. The largest absolute Gasteiger partial charge is 0.377 e. The van der Waals surface area contributed by atoms with E-state index in [-0.39, 0.29) is 17.8 Å². The van der Waals surface area contributed by atoms with Crippen molar-refractivity contribution in [3.63, 3.8) is 0 Å². The fraction of sp³-hybridized carbons (Fsp3) is 0.769. The number of nitrogens with zero attached hydrogens (tertiary/aromatic N) is 3. The molecule has 0 N–H and O–H groups in total. The van der Waals surface area contributed by atoms with Crippen LogP contribution in [0.1, 0.15) is 38.9 Å². The van der Waals surface area contributed by atoms with Crippen molar-refractivity contribution in [2.75, 3.05) is 6.61 Å². The van der Waals surface area contributed by atoms with Crippen molar-refractivity contribution >= 4 is 5.78 Å². The lowest BCUT2D eigenvalue weighted by molar-refractivity contribution is -0.124. The Balaban J connectivity index is 2.00. The first-order chi connectivity index (χ1) is 8.76. The molecule has 100 valence electrons. The first kappa shape index (κ1) is 13.2. The van der Waals surface area contributed by atoms with Crippen LogP contribution in [0, 0.1) is 5.92 Å². The molecule has 5 nitrogen and oxygen atoms in total. The molecule has 2 rings (SSSR count). The zero-order valence-electron chi connectivity index (χ0n) is 11.1. The maximum Gasteiger partial charge on any atom is 0.146 e. The van der Waals surface area contributed by atoms with E-state index < -0.39 is 0 Å². The molecule has 1 aromatic heterocycles. The summed E-state index contributed by atoms with van der Waals surface area (Å²) in [5, 5.41) is 4.15. The van der Waals surface area contributed by atoms with Gasteiger partial charge in [-0.05, 0) is 19.3 Å². The van der Waals surface area contributed by atoms with Crippen LogP contribution in [0.2, 0.25) is 0 Å². The van der Waals surface area contributed by atoms with Crippen LogP contribution in [0.15, 0.2) is 6.33 Å². The SMILES string of the molecule is CCCn1ncnc1CC(=O)C1CCOC1CC. The smallest absolute Gasteiger partial charge is 0.146 e. The Morgan fingerprint density at radius 1 is 1.56 bits per heavy atom. The number of ether oxygens (including phenoxy) is 1. The van der Waals surface area contributed by atoms with Crippen molar-refractivity contribution < 1.29 is 9.53 Å². The average Bonchev–Trinajstić information content (AvgIpc) is 2.98. The predicted molar refractivity (Wildman–Crippen MR) is 67.2 cm³/mol. The minimum absolute atomic E-state index is 0.0433. The van der Waals surface area contributed by atoms with Crippen LogP contribution in [0.5, 0.6) is 0 Å². The lowest BCUT2D eigenvalue weighted by Gasteiger charge is -2.15. The lowest BCUT2D eigenvalue weighted by atomic mass is 9.93. The van der Waals surface area contributed by atoms with Crippen molar-refractivity contribution in [3.05, 3.63) is 12.2 Å². The molecule has 2 unspecified atom stereocenters. The van der Waals surface area contributed by atoms with Gasteiger partial charge in [0.2, 0.25) is 0 Å². The second kappa shape index (κ2) is 6.09. The maximum absolute atomic E-state index is 12.3. The molecule has 1 aliphatic rings. The summed E-state index contributed by atoms with van der Waals surface area (Å²) >= 11 is 0. The van der Waals surface area contributed by atoms with E-state index in [4.69, 9.17) is 4.74 Å². The van der Waals surface area contributed by atoms with Gasteiger partial charge in [-0.2, -0.15) is 5.10 Å². The van der Waals surface area contributed by atoms with Crippen LogP contribution in [-0.2, 0) is 22.5 Å². The Bertz CT molecular complexity index is 403. The van der Waals surface area contributed by atoms with Crippen molar-refractivity contribution in [1.82, 2.24) is 14.8 Å². The van der Waals surface area contributed by atoms with Gasteiger partial charge >= 0.3 is 0 Å². The molecule has 18 heavy (non-hydrogen) atoms. The van der Waals surface area contributed by atoms with E-state index >= 15 is 0 Å². The Morgan fingerprint density at radius 2 is 2.39 bits per heavy atom. The van der Waals surface area contributed by atoms with Crippen molar-refractivity contribution in [2.24, 2.45) is 5.92 Å². The van der Waals surface area contributed by atoms with Crippen LogP contribution in [-0.4, -0.2) is 33.3 Å². The first-order valence-corrected chi connectivity index (χ1v) is 6.77. The summed E-state index contributed by atoms with van der Waals surface area (Å²) in [6, 6.07) is 0. The molecule has 1 aromatic rings. The Hall–Kier alpha value is -1.23. The molecule has 0 saturated carbocycles. The van der Waals surface area contributed by atoms with Gasteiger partial charge in [0.25, 0.3) is 0 Å². The first-order valence-electron chi connectivity index (χ1n) is 6.77.